The topological polar surface area (TPSA) is 93.5 Å². The van der Waals surface area contributed by atoms with Gasteiger partial charge in [0.1, 0.15) is 11.8 Å². The van der Waals surface area contributed by atoms with E-state index < -0.39 is 11.0 Å². The summed E-state index contributed by atoms with van der Waals surface area (Å²) in [6, 6.07) is 17.7. The van der Waals surface area contributed by atoms with E-state index in [1.54, 1.807) is 18.2 Å². The van der Waals surface area contributed by atoms with E-state index >= 15 is 0 Å². The predicted octanol–water partition coefficient (Wildman–Crippen LogP) is 5.81. The lowest BCUT2D eigenvalue weighted by Crippen LogP contribution is -2.27. The summed E-state index contributed by atoms with van der Waals surface area (Å²) >= 11 is 9.47. The van der Waals surface area contributed by atoms with E-state index in [4.69, 9.17) is 16.3 Å². The standard InChI is InChI=1S/C21H17BrClN3O4/c1-30-19-10-7-14(11-17(19)23)24-20(13-5-3-2-4-6-13)21(27)25-18-9-8-15(26(28)29)12-16(18)22/h2-12,20,24H,1H3,(H,25,27). The van der Waals surface area contributed by atoms with Gasteiger partial charge < -0.3 is 15.4 Å². The van der Waals surface area contributed by atoms with Crippen molar-refractivity contribution in [2.75, 3.05) is 17.7 Å². The summed E-state index contributed by atoms with van der Waals surface area (Å²) in [5.41, 5.74) is 1.71. The van der Waals surface area contributed by atoms with Gasteiger partial charge in [-0.05, 0) is 45.8 Å². The smallest absolute Gasteiger partial charge is 0.270 e. The number of non-ortho nitro benzene ring substituents is 1. The fraction of sp³-hybridized carbons (Fsp3) is 0.0952. The molecule has 3 rings (SSSR count). The molecule has 0 saturated heterocycles. The Balaban J connectivity index is 1.88. The van der Waals surface area contributed by atoms with Crippen molar-refractivity contribution in [1.29, 1.82) is 0 Å². The summed E-state index contributed by atoms with van der Waals surface area (Å²) in [6.45, 7) is 0. The predicted molar refractivity (Wildman–Crippen MR) is 120 cm³/mol. The number of hydrogen-bond donors (Lipinski definition) is 2. The summed E-state index contributed by atoms with van der Waals surface area (Å²) in [5.74, 6) is 0.181. The van der Waals surface area contributed by atoms with E-state index in [2.05, 4.69) is 26.6 Å². The molecule has 0 aromatic heterocycles. The molecule has 1 unspecified atom stereocenters. The number of methoxy groups -OCH3 is 1. The molecule has 3 aromatic carbocycles. The maximum absolute atomic E-state index is 13.1. The summed E-state index contributed by atoms with van der Waals surface area (Å²) in [5, 5.41) is 17.3. The van der Waals surface area contributed by atoms with Crippen LogP contribution in [0.3, 0.4) is 0 Å². The first kappa shape index (κ1) is 21.6. The van der Waals surface area contributed by atoms with Crippen molar-refractivity contribution in [3.8, 4) is 5.75 Å². The number of halogens is 2. The van der Waals surface area contributed by atoms with Crippen LogP contribution in [-0.2, 0) is 4.79 Å². The lowest BCUT2D eigenvalue weighted by molar-refractivity contribution is -0.384. The van der Waals surface area contributed by atoms with Gasteiger partial charge in [-0.3, -0.25) is 14.9 Å². The van der Waals surface area contributed by atoms with E-state index in [0.717, 1.165) is 5.56 Å². The quantitative estimate of drug-likeness (QED) is 0.322. The van der Waals surface area contributed by atoms with Crippen LogP contribution in [0.2, 0.25) is 5.02 Å². The number of nitrogens with one attached hydrogen (secondary N) is 2. The van der Waals surface area contributed by atoms with E-state index in [-0.39, 0.29) is 11.6 Å². The number of ether oxygens (including phenoxy) is 1. The third-order valence-corrected chi connectivity index (χ3v) is 5.23. The number of nitro benzene ring substituents is 1. The molecule has 0 aliphatic carbocycles. The van der Waals surface area contributed by atoms with Crippen molar-refractivity contribution in [3.05, 3.63) is 91.9 Å². The molecule has 2 N–H and O–H groups in total. The normalized spacial score (nSPS) is 11.4. The van der Waals surface area contributed by atoms with Gasteiger partial charge in [-0.1, -0.05) is 41.9 Å². The van der Waals surface area contributed by atoms with Crippen LogP contribution in [0, 0.1) is 10.1 Å². The zero-order valence-electron chi connectivity index (χ0n) is 15.8. The average molecular weight is 491 g/mol. The lowest BCUT2D eigenvalue weighted by atomic mass is 10.1. The van der Waals surface area contributed by atoms with E-state index in [1.807, 2.05) is 30.3 Å². The summed E-state index contributed by atoms with van der Waals surface area (Å²) in [6.07, 6.45) is 0. The Morgan fingerprint density at radius 2 is 1.87 bits per heavy atom. The van der Waals surface area contributed by atoms with Crippen LogP contribution in [0.5, 0.6) is 5.75 Å². The van der Waals surface area contributed by atoms with Crippen molar-refractivity contribution in [3.63, 3.8) is 0 Å². The first-order chi connectivity index (χ1) is 14.4. The van der Waals surface area contributed by atoms with Crippen LogP contribution in [-0.4, -0.2) is 17.9 Å². The van der Waals surface area contributed by atoms with Gasteiger partial charge in [-0.25, -0.2) is 0 Å². The molecule has 30 heavy (non-hydrogen) atoms. The Kier molecular flexibility index (Phi) is 6.91. The molecule has 0 spiro atoms. The second-order valence-electron chi connectivity index (χ2n) is 6.25. The van der Waals surface area contributed by atoms with Gasteiger partial charge in [0.05, 0.1) is 22.7 Å². The minimum absolute atomic E-state index is 0.0783. The number of carbonyl (C=O) groups is 1. The third kappa shape index (κ3) is 5.08. The van der Waals surface area contributed by atoms with Crippen LogP contribution in [0.15, 0.2) is 71.2 Å². The van der Waals surface area contributed by atoms with Crippen LogP contribution < -0.4 is 15.4 Å². The highest BCUT2D eigenvalue weighted by Crippen LogP contribution is 2.31. The van der Waals surface area contributed by atoms with Crippen molar-refractivity contribution in [2.45, 2.75) is 6.04 Å². The monoisotopic (exact) mass is 489 g/mol. The van der Waals surface area contributed by atoms with Gasteiger partial charge in [0, 0.05) is 22.3 Å². The Hall–Kier alpha value is -3.10. The van der Waals surface area contributed by atoms with Crippen molar-refractivity contribution in [1.82, 2.24) is 0 Å². The molecule has 0 aliphatic rings. The van der Waals surface area contributed by atoms with Gasteiger partial charge in [0.15, 0.2) is 0 Å². The highest BCUT2D eigenvalue weighted by atomic mass is 79.9. The van der Waals surface area contributed by atoms with E-state index in [0.29, 0.717) is 26.6 Å². The van der Waals surface area contributed by atoms with Gasteiger partial charge in [0.2, 0.25) is 0 Å². The highest BCUT2D eigenvalue weighted by molar-refractivity contribution is 9.10. The molecule has 1 atom stereocenters. The molecular formula is C21H17BrClN3O4. The van der Waals surface area contributed by atoms with E-state index in [9.17, 15) is 14.9 Å². The van der Waals surface area contributed by atoms with Crippen LogP contribution in [0.1, 0.15) is 11.6 Å². The Labute approximate surface area is 186 Å². The van der Waals surface area contributed by atoms with Gasteiger partial charge >= 0.3 is 0 Å². The largest absolute Gasteiger partial charge is 0.495 e. The third-order valence-electron chi connectivity index (χ3n) is 4.28. The number of rotatable bonds is 7. The highest BCUT2D eigenvalue weighted by Gasteiger charge is 2.22. The Bertz CT molecular complexity index is 1080. The molecule has 0 heterocycles. The maximum atomic E-state index is 13.1. The molecule has 0 saturated carbocycles. The van der Waals surface area contributed by atoms with Gasteiger partial charge in [-0.2, -0.15) is 0 Å². The first-order valence-corrected chi connectivity index (χ1v) is 9.96. The molecular weight excluding hydrogens is 474 g/mol. The first-order valence-electron chi connectivity index (χ1n) is 8.79. The summed E-state index contributed by atoms with van der Waals surface area (Å²) < 4.78 is 5.57. The van der Waals surface area contributed by atoms with Crippen LogP contribution in [0.4, 0.5) is 17.1 Å². The maximum Gasteiger partial charge on any atom is 0.270 e. The molecule has 154 valence electrons. The molecule has 9 heteroatoms. The van der Waals surface area contributed by atoms with E-state index in [1.165, 1.54) is 25.3 Å². The molecule has 7 nitrogen and oxygen atoms in total. The van der Waals surface area contributed by atoms with Crippen molar-refractivity contribution >= 4 is 50.5 Å². The number of amides is 1. The number of anilines is 2. The zero-order valence-corrected chi connectivity index (χ0v) is 18.1. The van der Waals surface area contributed by atoms with Gasteiger partial charge in [-0.15, -0.1) is 0 Å². The average Bonchev–Trinajstić information content (AvgIpc) is 2.74. The second kappa shape index (κ2) is 9.60. The van der Waals surface area contributed by atoms with Crippen LogP contribution >= 0.6 is 27.5 Å². The van der Waals surface area contributed by atoms with Crippen molar-refractivity contribution in [2.24, 2.45) is 0 Å². The Morgan fingerprint density at radius 3 is 2.47 bits per heavy atom. The Morgan fingerprint density at radius 1 is 1.13 bits per heavy atom. The SMILES string of the molecule is COc1ccc(NC(C(=O)Nc2ccc([N+](=O)[O-])cc2Br)c2ccccc2)cc1Cl. The molecule has 0 aliphatic heterocycles. The minimum atomic E-state index is -0.738. The molecule has 0 bridgehead atoms. The number of carbonyl (C=O) groups excluding carboxylic acids is 1. The zero-order chi connectivity index (χ0) is 21.7. The number of nitrogens with zero attached hydrogens (tertiary/aromatic N) is 1. The summed E-state index contributed by atoms with van der Waals surface area (Å²) in [4.78, 5) is 23.5. The van der Waals surface area contributed by atoms with Crippen LogP contribution in [0.25, 0.3) is 0 Å². The number of nitro groups is 1. The molecule has 0 fully saturated rings. The van der Waals surface area contributed by atoms with Crippen molar-refractivity contribution < 1.29 is 14.5 Å². The molecule has 3 aromatic rings. The fourth-order valence-corrected chi connectivity index (χ4v) is 3.52. The molecule has 0 radical (unpaired) electrons. The second-order valence-corrected chi connectivity index (χ2v) is 7.51. The minimum Gasteiger partial charge on any atom is -0.495 e. The summed E-state index contributed by atoms with van der Waals surface area (Å²) in [7, 11) is 1.52. The lowest BCUT2D eigenvalue weighted by Gasteiger charge is -2.21. The molecule has 1 amide bonds. The number of benzene rings is 3. The fourth-order valence-electron chi connectivity index (χ4n) is 2.79. The van der Waals surface area contributed by atoms with Gasteiger partial charge in [0.25, 0.3) is 11.6 Å². The number of hydrogen-bond acceptors (Lipinski definition) is 5.